The number of aliphatic hydroxyl groups is 1. The second kappa shape index (κ2) is 6.30. The fourth-order valence-electron chi connectivity index (χ4n) is 1.16. The number of hydrogen-bond donors (Lipinski definition) is 2. The maximum absolute atomic E-state index is 12.9. The van der Waals surface area contributed by atoms with Gasteiger partial charge < -0.3 is 10.4 Å². The van der Waals surface area contributed by atoms with Crippen LogP contribution >= 0.6 is 27.5 Å². The lowest BCUT2D eigenvalue weighted by molar-refractivity contribution is 0.286. The van der Waals surface area contributed by atoms with E-state index in [0.29, 0.717) is 21.7 Å². The van der Waals surface area contributed by atoms with Gasteiger partial charge in [-0.25, -0.2) is 4.39 Å². The lowest BCUT2D eigenvalue weighted by Crippen LogP contribution is -2.03. The molecule has 0 saturated heterocycles. The van der Waals surface area contributed by atoms with Crippen LogP contribution in [0.3, 0.4) is 0 Å². The second-order valence-corrected chi connectivity index (χ2v) is 4.36. The van der Waals surface area contributed by atoms with E-state index in [1.807, 2.05) is 0 Å². The fraction of sp³-hybridized carbons (Fsp3) is 0.400. The zero-order valence-corrected chi connectivity index (χ0v) is 10.4. The maximum Gasteiger partial charge on any atom is 0.125 e. The van der Waals surface area contributed by atoms with Crippen molar-refractivity contribution in [3.05, 3.63) is 27.4 Å². The van der Waals surface area contributed by atoms with Crippen LogP contribution in [0.4, 0.5) is 10.1 Å². The second-order valence-electron chi connectivity index (χ2n) is 3.10. The standard InChI is InChI=1S/C10H12BrClFNO/c11-8-5-7(13)6-9(12)10(8)14-3-1-2-4-15/h5-6,14-15H,1-4H2. The third kappa shape index (κ3) is 3.97. The Kier molecular flexibility index (Phi) is 5.36. The quantitative estimate of drug-likeness (QED) is 0.816. The summed E-state index contributed by atoms with van der Waals surface area (Å²) < 4.78 is 13.5. The first-order valence-electron chi connectivity index (χ1n) is 4.64. The van der Waals surface area contributed by atoms with E-state index in [0.717, 1.165) is 12.8 Å². The van der Waals surface area contributed by atoms with Crippen molar-refractivity contribution in [2.75, 3.05) is 18.5 Å². The van der Waals surface area contributed by atoms with E-state index < -0.39 is 0 Å². The molecule has 0 aliphatic heterocycles. The first-order chi connectivity index (χ1) is 7.15. The molecule has 0 saturated carbocycles. The summed E-state index contributed by atoms with van der Waals surface area (Å²) in [6.45, 7) is 0.879. The first kappa shape index (κ1) is 12.7. The monoisotopic (exact) mass is 295 g/mol. The van der Waals surface area contributed by atoms with Gasteiger partial charge in [0.2, 0.25) is 0 Å². The molecular weight excluding hydrogens is 284 g/mol. The summed E-state index contributed by atoms with van der Waals surface area (Å²) in [5, 5.41) is 12.0. The summed E-state index contributed by atoms with van der Waals surface area (Å²) in [6, 6.07) is 2.63. The smallest absolute Gasteiger partial charge is 0.125 e. The van der Waals surface area contributed by atoms with Crippen LogP contribution in [0.5, 0.6) is 0 Å². The first-order valence-corrected chi connectivity index (χ1v) is 5.81. The summed E-state index contributed by atoms with van der Waals surface area (Å²) >= 11 is 9.10. The van der Waals surface area contributed by atoms with Crippen LogP contribution < -0.4 is 5.32 Å². The van der Waals surface area contributed by atoms with Gasteiger partial charge in [0.25, 0.3) is 0 Å². The van der Waals surface area contributed by atoms with Crippen molar-refractivity contribution >= 4 is 33.2 Å². The molecular formula is C10H12BrClFNO. The zero-order valence-electron chi connectivity index (χ0n) is 8.06. The molecule has 0 unspecified atom stereocenters. The molecule has 1 aromatic rings. The summed E-state index contributed by atoms with van der Waals surface area (Å²) in [4.78, 5) is 0. The van der Waals surface area contributed by atoms with Gasteiger partial charge in [-0.05, 0) is 40.9 Å². The molecule has 2 N–H and O–H groups in total. The van der Waals surface area contributed by atoms with Crippen LogP contribution in [-0.2, 0) is 0 Å². The summed E-state index contributed by atoms with van der Waals surface area (Å²) in [6.07, 6.45) is 1.58. The van der Waals surface area contributed by atoms with Gasteiger partial charge in [0.1, 0.15) is 5.82 Å². The van der Waals surface area contributed by atoms with Crippen LogP contribution in [0, 0.1) is 5.82 Å². The van der Waals surface area contributed by atoms with Crippen molar-refractivity contribution in [1.82, 2.24) is 0 Å². The summed E-state index contributed by atoms with van der Waals surface area (Å²) in [7, 11) is 0. The van der Waals surface area contributed by atoms with Crippen molar-refractivity contribution in [1.29, 1.82) is 0 Å². The molecule has 0 radical (unpaired) electrons. The van der Waals surface area contributed by atoms with Crippen molar-refractivity contribution in [3.63, 3.8) is 0 Å². The van der Waals surface area contributed by atoms with Crippen LogP contribution in [-0.4, -0.2) is 18.3 Å². The van der Waals surface area contributed by atoms with Gasteiger partial charge in [0.05, 0.1) is 10.7 Å². The van der Waals surface area contributed by atoms with Crippen molar-refractivity contribution in [2.45, 2.75) is 12.8 Å². The minimum Gasteiger partial charge on any atom is -0.396 e. The molecule has 0 amide bonds. The largest absolute Gasteiger partial charge is 0.396 e. The Balaban J connectivity index is 2.60. The Morgan fingerprint density at radius 3 is 2.73 bits per heavy atom. The van der Waals surface area contributed by atoms with Gasteiger partial charge in [-0.1, -0.05) is 11.6 Å². The Morgan fingerprint density at radius 1 is 1.40 bits per heavy atom. The molecule has 1 rings (SSSR count). The minimum absolute atomic E-state index is 0.181. The molecule has 15 heavy (non-hydrogen) atoms. The predicted molar refractivity (Wildman–Crippen MR) is 63.9 cm³/mol. The normalized spacial score (nSPS) is 10.4. The van der Waals surface area contributed by atoms with E-state index in [2.05, 4.69) is 21.2 Å². The molecule has 84 valence electrons. The number of rotatable bonds is 5. The highest BCUT2D eigenvalue weighted by atomic mass is 79.9. The van der Waals surface area contributed by atoms with E-state index in [1.165, 1.54) is 12.1 Å². The fourth-order valence-corrected chi connectivity index (χ4v) is 2.12. The Hall–Kier alpha value is -0.320. The lowest BCUT2D eigenvalue weighted by atomic mass is 10.3. The maximum atomic E-state index is 12.9. The Bertz CT molecular complexity index is 312. The number of benzene rings is 1. The molecule has 0 aliphatic rings. The number of halogens is 3. The van der Waals surface area contributed by atoms with Gasteiger partial charge in [-0.15, -0.1) is 0 Å². The number of anilines is 1. The van der Waals surface area contributed by atoms with Crippen LogP contribution in [0.1, 0.15) is 12.8 Å². The van der Waals surface area contributed by atoms with Crippen LogP contribution in [0.15, 0.2) is 16.6 Å². The molecule has 0 atom stereocenters. The number of aliphatic hydroxyl groups excluding tert-OH is 1. The Morgan fingerprint density at radius 2 is 2.13 bits per heavy atom. The van der Waals surface area contributed by atoms with Gasteiger partial charge in [0.15, 0.2) is 0 Å². The van der Waals surface area contributed by atoms with Gasteiger partial charge in [0, 0.05) is 17.6 Å². The third-order valence-corrected chi connectivity index (χ3v) is 2.82. The van der Waals surface area contributed by atoms with E-state index in [-0.39, 0.29) is 12.4 Å². The number of hydrogen-bond acceptors (Lipinski definition) is 2. The van der Waals surface area contributed by atoms with Gasteiger partial charge >= 0.3 is 0 Å². The van der Waals surface area contributed by atoms with Crippen LogP contribution in [0.2, 0.25) is 5.02 Å². The number of unbranched alkanes of at least 4 members (excludes halogenated alkanes) is 1. The third-order valence-electron chi connectivity index (χ3n) is 1.89. The predicted octanol–water partition coefficient (Wildman–Crippen LogP) is 3.43. The van der Waals surface area contributed by atoms with Crippen molar-refractivity contribution < 1.29 is 9.50 Å². The molecule has 1 aromatic carbocycles. The highest BCUT2D eigenvalue weighted by Crippen LogP contribution is 2.31. The average Bonchev–Trinajstić information content (AvgIpc) is 2.15. The molecule has 0 spiro atoms. The highest BCUT2D eigenvalue weighted by Gasteiger charge is 2.06. The van der Waals surface area contributed by atoms with E-state index in [4.69, 9.17) is 16.7 Å². The van der Waals surface area contributed by atoms with Gasteiger partial charge in [-0.3, -0.25) is 0 Å². The van der Waals surface area contributed by atoms with Crippen molar-refractivity contribution in [3.8, 4) is 0 Å². The molecule has 0 heterocycles. The minimum atomic E-state index is -0.368. The summed E-state index contributed by atoms with van der Waals surface area (Å²) in [5.41, 5.74) is 0.691. The average molecular weight is 297 g/mol. The van der Waals surface area contributed by atoms with Gasteiger partial charge in [-0.2, -0.15) is 0 Å². The lowest BCUT2D eigenvalue weighted by Gasteiger charge is -2.10. The van der Waals surface area contributed by atoms with E-state index in [1.54, 1.807) is 0 Å². The Labute approximate surface area is 102 Å². The summed E-state index contributed by atoms with van der Waals surface area (Å²) in [5.74, 6) is -0.368. The number of nitrogens with one attached hydrogen (secondary N) is 1. The van der Waals surface area contributed by atoms with Crippen LogP contribution in [0.25, 0.3) is 0 Å². The molecule has 0 bridgehead atoms. The van der Waals surface area contributed by atoms with E-state index in [9.17, 15) is 4.39 Å². The molecule has 0 aliphatic carbocycles. The highest BCUT2D eigenvalue weighted by molar-refractivity contribution is 9.10. The molecule has 0 aromatic heterocycles. The SMILES string of the molecule is OCCCCNc1c(Cl)cc(F)cc1Br. The topological polar surface area (TPSA) is 32.3 Å². The molecule has 0 fully saturated rings. The zero-order chi connectivity index (χ0) is 11.3. The van der Waals surface area contributed by atoms with E-state index >= 15 is 0 Å². The molecule has 2 nitrogen and oxygen atoms in total. The molecule has 5 heteroatoms. The van der Waals surface area contributed by atoms with Crippen molar-refractivity contribution in [2.24, 2.45) is 0 Å².